The fraction of sp³-hybridized carbons (Fsp3) is 0.429. The number of hydrogen-bond donors (Lipinski definition) is 0. The van der Waals surface area contributed by atoms with E-state index >= 15 is 0 Å². The molecule has 2 aromatic carbocycles. The molecular formula is C21H24O6. The van der Waals surface area contributed by atoms with Gasteiger partial charge in [-0.3, -0.25) is 0 Å². The first kappa shape index (κ1) is 18.4. The van der Waals surface area contributed by atoms with Gasteiger partial charge in [0.1, 0.15) is 11.9 Å². The Morgan fingerprint density at radius 1 is 0.926 bits per heavy atom. The fourth-order valence-corrected chi connectivity index (χ4v) is 3.35. The number of rotatable bonds is 6. The standard InChI is InChI=1S/C21H24O6/c1-22-16-10-8-14(9-11-16)13-24-17-12-18(23-2)25-21-19(17)26-20(27-21)15-6-4-3-5-7-15/h3-11,17-21H,12-13H2,1-2H3/t17-,18-,19-,20-,21-/m1/s1. The van der Waals surface area contributed by atoms with Gasteiger partial charge in [-0.15, -0.1) is 0 Å². The van der Waals surface area contributed by atoms with Gasteiger partial charge in [-0.2, -0.15) is 0 Å². The largest absolute Gasteiger partial charge is 0.497 e. The summed E-state index contributed by atoms with van der Waals surface area (Å²) in [6.45, 7) is 0.466. The van der Waals surface area contributed by atoms with Crippen LogP contribution in [0.5, 0.6) is 5.75 Å². The molecule has 2 aliphatic heterocycles. The molecule has 0 aliphatic carbocycles. The molecule has 0 spiro atoms. The zero-order chi connectivity index (χ0) is 18.6. The Hall–Kier alpha value is -1.96. The second kappa shape index (κ2) is 8.37. The van der Waals surface area contributed by atoms with E-state index < -0.39 is 12.6 Å². The van der Waals surface area contributed by atoms with Gasteiger partial charge in [0.15, 0.2) is 18.9 Å². The van der Waals surface area contributed by atoms with E-state index in [1.165, 1.54) is 0 Å². The van der Waals surface area contributed by atoms with Crippen LogP contribution in [0.2, 0.25) is 0 Å². The van der Waals surface area contributed by atoms with E-state index in [9.17, 15) is 0 Å². The van der Waals surface area contributed by atoms with Gasteiger partial charge in [-0.1, -0.05) is 42.5 Å². The van der Waals surface area contributed by atoms with Gasteiger partial charge in [0.2, 0.25) is 0 Å². The molecule has 0 radical (unpaired) electrons. The Morgan fingerprint density at radius 3 is 2.41 bits per heavy atom. The van der Waals surface area contributed by atoms with Crippen LogP contribution in [0.3, 0.4) is 0 Å². The molecule has 4 rings (SSSR count). The normalized spacial score (nSPS) is 30.1. The van der Waals surface area contributed by atoms with Crippen LogP contribution in [0.15, 0.2) is 54.6 Å². The van der Waals surface area contributed by atoms with Gasteiger partial charge >= 0.3 is 0 Å². The van der Waals surface area contributed by atoms with Crippen molar-refractivity contribution in [3.63, 3.8) is 0 Å². The molecule has 144 valence electrons. The summed E-state index contributed by atoms with van der Waals surface area (Å²) in [7, 11) is 3.27. The SMILES string of the molecule is COc1ccc(CO[C@@H]2C[C@H](OC)O[C@@H]3O[C@H](c4ccccc4)O[C@@H]32)cc1. The molecule has 2 saturated heterocycles. The van der Waals surface area contributed by atoms with Crippen molar-refractivity contribution in [3.8, 4) is 5.75 Å². The van der Waals surface area contributed by atoms with Crippen molar-refractivity contribution in [3.05, 3.63) is 65.7 Å². The summed E-state index contributed by atoms with van der Waals surface area (Å²) in [5.41, 5.74) is 2.02. The van der Waals surface area contributed by atoms with Crippen molar-refractivity contribution in [2.45, 2.75) is 44.1 Å². The first-order valence-electron chi connectivity index (χ1n) is 9.05. The van der Waals surface area contributed by atoms with Crippen LogP contribution in [-0.2, 0) is 30.3 Å². The highest BCUT2D eigenvalue weighted by molar-refractivity contribution is 5.26. The third kappa shape index (κ3) is 4.15. The van der Waals surface area contributed by atoms with E-state index in [1.54, 1.807) is 14.2 Å². The zero-order valence-electron chi connectivity index (χ0n) is 15.4. The number of ether oxygens (including phenoxy) is 6. The van der Waals surface area contributed by atoms with Crippen LogP contribution in [0.25, 0.3) is 0 Å². The average Bonchev–Trinajstić information content (AvgIpc) is 3.17. The lowest BCUT2D eigenvalue weighted by Gasteiger charge is -2.35. The Balaban J connectivity index is 1.44. The first-order chi connectivity index (χ1) is 13.3. The highest BCUT2D eigenvalue weighted by atomic mass is 16.8. The second-order valence-electron chi connectivity index (χ2n) is 6.58. The Morgan fingerprint density at radius 2 is 1.70 bits per heavy atom. The molecular weight excluding hydrogens is 348 g/mol. The van der Waals surface area contributed by atoms with Gasteiger partial charge in [-0.05, 0) is 17.7 Å². The molecule has 5 atom stereocenters. The van der Waals surface area contributed by atoms with Crippen LogP contribution >= 0.6 is 0 Å². The molecule has 2 heterocycles. The van der Waals surface area contributed by atoms with E-state index in [-0.39, 0.29) is 18.5 Å². The maximum Gasteiger partial charge on any atom is 0.192 e. The number of methoxy groups -OCH3 is 2. The first-order valence-corrected chi connectivity index (χ1v) is 9.05. The minimum Gasteiger partial charge on any atom is -0.497 e. The monoisotopic (exact) mass is 372 g/mol. The van der Waals surface area contributed by atoms with Gasteiger partial charge in [0.05, 0.1) is 19.8 Å². The summed E-state index contributed by atoms with van der Waals surface area (Å²) in [6.07, 6.45) is -1.29. The molecule has 0 saturated carbocycles. The summed E-state index contributed by atoms with van der Waals surface area (Å²) < 4.78 is 34.7. The summed E-state index contributed by atoms with van der Waals surface area (Å²) in [4.78, 5) is 0. The van der Waals surface area contributed by atoms with E-state index in [1.807, 2.05) is 54.6 Å². The quantitative estimate of drug-likeness (QED) is 0.775. The van der Waals surface area contributed by atoms with E-state index in [2.05, 4.69) is 0 Å². The van der Waals surface area contributed by atoms with E-state index in [4.69, 9.17) is 28.4 Å². The maximum atomic E-state index is 6.17. The Labute approximate surface area is 158 Å². The van der Waals surface area contributed by atoms with Gasteiger partial charge in [0.25, 0.3) is 0 Å². The fourth-order valence-electron chi connectivity index (χ4n) is 3.35. The molecule has 2 fully saturated rings. The van der Waals surface area contributed by atoms with Gasteiger partial charge in [0, 0.05) is 19.1 Å². The summed E-state index contributed by atoms with van der Waals surface area (Å²) in [5.74, 6) is 0.822. The minimum absolute atomic E-state index is 0.190. The molecule has 0 bridgehead atoms. The van der Waals surface area contributed by atoms with Crippen molar-refractivity contribution in [1.29, 1.82) is 0 Å². The molecule has 0 N–H and O–H groups in total. The maximum absolute atomic E-state index is 6.17. The number of hydrogen-bond acceptors (Lipinski definition) is 6. The lowest BCUT2D eigenvalue weighted by molar-refractivity contribution is -0.278. The van der Waals surface area contributed by atoms with Crippen LogP contribution in [-0.4, -0.2) is 39.0 Å². The predicted molar refractivity (Wildman–Crippen MR) is 97.0 cm³/mol. The van der Waals surface area contributed by atoms with Crippen molar-refractivity contribution in [2.75, 3.05) is 14.2 Å². The molecule has 6 heteroatoms. The zero-order valence-corrected chi connectivity index (χ0v) is 15.4. The molecule has 27 heavy (non-hydrogen) atoms. The third-order valence-electron chi connectivity index (χ3n) is 4.84. The van der Waals surface area contributed by atoms with Gasteiger partial charge < -0.3 is 28.4 Å². The van der Waals surface area contributed by atoms with Crippen molar-refractivity contribution >= 4 is 0 Å². The highest BCUT2D eigenvalue weighted by Gasteiger charge is 2.48. The summed E-state index contributed by atoms with van der Waals surface area (Å²) in [6, 6.07) is 17.6. The third-order valence-corrected chi connectivity index (χ3v) is 4.84. The topological polar surface area (TPSA) is 55.4 Å². The van der Waals surface area contributed by atoms with Crippen molar-refractivity contribution in [2.24, 2.45) is 0 Å². The lowest BCUT2D eigenvalue weighted by Crippen LogP contribution is -2.48. The minimum atomic E-state index is -0.519. The van der Waals surface area contributed by atoms with Crippen molar-refractivity contribution in [1.82, 2.24) is 0 Å². The predicted octanol–water partition coefficient (Wildman–Crippen LogP) is 3.41. The van der Waals surface area contributed by atoms with Crippen LogP contribution < -0.4 is 4.74 Å². The molecule has 0 unspecified atom stereocenters. The smallest absolute Gasteiger partial charge is 0.192 e. The average molecular weight is 372 g/mol. The molecule has 2 aromatic rings. The second-order valence-corrected chi connectivity index (χ2v) is 6.58. The molecule has 2 aliphatic rings. The summed E-state index contributed by atoms with van der Waals surface area (Å²) >= 11 is 0. The Kier molecular flexibility index (Phi) is 5.71. The van der Waals surface area contributed by atoms with Crippen LogP contribution in [0, 0.1) is 0 Å². The molecule has 0 amide bonds. The van der Waals surface area contributed by atoms with Crippen molar-refractivity contribution < 1.29 is 28.4 Å². The lowest BCUT2D eigenvalue weighted by atomic mass is 10.1. The van der Waals surface area contributed by atoms with Crippen LogP contribution in [0.4, 0.5) is 0 Å². The van der Waals surface area contributed by atoms with Gasteiger partial charge in [-0.25, -0.2) is 0 Å². The number of benzene rings is 2. The highest BCUT2D eigenvalue weighted by Crippen LogP contribution is 2.39. The van der Waals surface area contributed by atoms with Crippen LogP contribution in [0.1, 0.15) is 23.8 Å². The number of fused-ring (bicyclic) bond motifs is 1. The molecule has 0 aromatic heterocycles. The Bertz CT molecular complexity index is 719. The summed E-state index contributed by atoms with van der Waals surface area (Å²) in [5, 5.41) is 0. The van der Waals surface area contributed by atoms with E-state index in [0.29, 0.717) is 13.0 Å². The molecule has 6 nitrogen and oxygen atoms in total. The van der Waals surface area contributed by atoms with E-state index in [0.717, 1.165) is 16.9 Å².